The molecule has 3 nitrogen and oxygen atoms in total. The maximum atomic E-state index is 5.71. The molecular weight excluding hydrogens is 222 g/mol. The Morgan fingerprint density at radius 1 is 1.31 bits per heavy atom. The fraction of sp³-hybridized carbons (Fsp3) is 0.167. The fourth-order valence-corrected chi connectivity index (χ4v) is 1.44. The molecular formula is C12H10ClN3. The van der Waals surface area contributed by atoms with Crippen LogP contribution in [0, 0.1) is 11.8 Å². The SMILES string of the molecule is Nc1ncc(Cl)nc1C#CC1=CCCC=C1. The van der Waals surface area contributed by atoms with Crippen molar-refractivity contribution in [2.75, 3.05) is 5.73 Å². The van der Waals surface area contributed by atoms with Crippen LogP contribution in [0.3, 0.4) is 0 Å². The lowest BCUT2D eigenvalue weighted by atomic mass is 10.1. The summed E-state index contributed by atoms with van der Waals surface area (Å²) in [5.74, 6) is 6.16. The van der Waals surface area contributed by atoms with Gasteiger partial charge in [0, 0.05) is 5.57 Å². The normalized spacial score (nSPS) is 13.9. The number of allylic oxidation sites excluding steroid dienone is 4. The second-order valence-corrected chi connectivity index (χ2v) is 3.70. The van der Waals surface area contributed by atoms with Gasteiger partial charge in [0.25, 0.3) is 0 Å². The number of aromatic nitrogens is 2. The molecule has 0 radical (unpaired) electrons. The van der Waals surface area contributed by atoms with Gasteiger partial charge in [-0.2, -0.15) is 0 Å². The van der Waals surface area contributed by atoms with E-state index in [0.717, 1.165) is 18.4 Å². The first kappa shape index (κ1) is 10.7. The van der Waals surface area contributed by atoms with Crippen LogP contribution in [0.5, 0.6) is 0 Å². The van der Waals surface area contributed by atoms with Crippen LogP contribution in [0.1, 0.15) is 18.5 Å². The number of hydrogen-bond acceptors (Lipinski definition) is 3. The zero-order chi connectivity index (χ0) is 11.4. The summed E-state index contributed by atoms with van der Waals surface area (Å²) >= 11 is 5.71. The standard InChI is InChI=1S/C12H10ClN3/c13-11-8-15-12(14)10(16-11)7-6-9-4-2-1-3-5-9/h2,4-5,8H,1,3H2,(H2,14,15). The number of halogens is 1. The first-order chi connectivity index (χ1) is 7.75. The highest BCUT2D eigenvalue weighted by atomic mass is 35.5. The summed E-state index contributed by atoms with van der Waals surface area (Å²) in [7, 11) is 0. The molecule has 1 aliphatic carbocycles. The Balaban J connectivity index is 2.26. The summed E-state index contributed by atoms with van der Waals surface area (Å²) in [4.78, 5) is 7.90. The van der Waals surface area contributed by atoms with Gasteiger partial charge in [-0.15, -0.1) is 0 Å². The lowest BCUT2D eigenvalue weighted by molar-refractivity contribution is 1.03. The highest BCUT2D eigenvalue weighted by Gasteiger charge is 2.00. The molecule has 0 unspecified atom stereocenters. The second kappa shape index (κ2) is 4.82. The summed E-state index contributed by atoms with van der Waals surface area (Å²) in [5, 5.41) is 0.298. The first-order valence-corrected chi connectivity index (χ1v) is 5.30. The van der Waals surface area contributed by atoms with Gasteiger partial charge in [0.2, 0.25) is 0 Å². The van der Waals surface area contributed by atoms with E-state index in [1.54, 1.807) is 0 Å². The third kappa shape index (κ3) is 2.62. The molecule has 16 heavy (non-hydrogen) atoms. The van der Waals surface area contributed by atoms with Crippen molar-refractivity contribution in [3.63, 3.8) is 0 Å². The molecule has 1 aromatic rings. The van der Waals surface area contributed by atoms with Gasteiger partial charge in [-0.25, -0.2) is 9.97 Å². The zero-order valence-electron chi connectivity index (χ0n) is 8.57. The first-order valence-electron chi connectivity index (χ1n) is 4.92. The molecule has 0 amide bonds. The Bertz CT molecular complexity index is 521. The Labute approximate surface area is 99.0 Å². The van der Waals surface area contributed by atoms with Crippen molar-refractivity contribution in [3.8, 4) is 11.8 Å². The van der Waals surface area contributed by atoms with Crippen LogP contribution in [0.2, 0.25) is 5.15 Å². The highest BCUT2D eigenvalue weighted by Crippen LogP contribution is 2.11. The Hall–Kier alpha value is -1.79. The lowest BCUT2D eigenvalue weighted by Gasteiger charge is -1.98. The van der Waals surface area contributed by atoms with Gasteiger partial charge in [0.15, 0.2) is 11.5 Å². The lowest BCUT2D eigenvalue weighted by Crippen LogP contribution is -1.97. The number of nitrogens with zero attached hydrogens (tertiary/aromatic N) is 2. The monoisotopic (exact) mass is 231 g/mol. The summed E-state index contributed by atoms with van der Waals surface area (Å²) in [5.41, 5.74) is 7.04. The fourth-order valence-electron chi connectivity index (χ4n) is 1.31. The van der Waals surface area contributed by atoms with Gasteiger partial charge in [0.05, 0.1) is 6.20 Å². The minimum Gasteiger partial charge on any atom is -0.381 e. The van der Waals surface area contributed by atoms with Crippen LogP contribution < -0.4 is 5.73 Å². The molecule has 4 heteroatoms. The van der Waals surface area contributed by atoms with Gasteiger partial charge in [-0.05, 0) is 18.8 Å². The van der Waals surface area contributed by atoms with Crippen molar-refractivity contribution in [1.29, 1.82) is 0 Å². The Morgan fingerprint density at radius 2 is 2.19 bits per heavy atom. The van der Waals surface area contributed by atoms with Crippen molar-refractivity contribution in [2.24, 2.45) is 0 Å². The van der Waals surface area contributed by atoms with E-state index in [2.05, 4.69) is 34.0 Å². The van der Waals surface area contributed by atoms with Gasteiger partial charge in [-0.3, -0.25) is 0 Å². The highest BCUT2D eigenvalue weighted by molar-refractivity contribution is 6.29. The molecule has 1 heterocycles. The minimum absolute atomic E-state index is 0.298. The summed E-state index contributed by atoms with van der Waals surface area (Å²) in [6.07, 6.45) is 9.67. The molecule has 80 valence electrons. The molecule has 2 rings (SSSR count). The van der Waals surface area contributed by atoms with E-state index < -0.39 is 0 Å². The van der Waals surface area contributed by atoms with Crippen molar-refractivity contribution in [3.05, 3.63) is 40.8 Å². The number of nitrogen functional groups attached to an aromatic ring is 1. The molecule has 0 bridgehead atoms. The topological polar surface area (TPSA) is 51.8 Å². The predicted octanol–water partition coefficient (Wildman–Crippen LogP) is 2.34. The molecule has 0 aliphatic heterocycles. The summed E-state index contributed by atoms with van der Waals surface area (Å²) in [6.45, 7) is 0. The maximum absolute atomic E-state index is 5.71. The van der Waals surface area contributed by atoms with Gasteiger partial charge < -0.3 is 5.73 Å². The van der Waals surface area contributed by atoms with E-state index in [1.165, 1.54) is 6.20 Å². The molecule has 0 spiro atoms. The van der Waals surface area contributed by atoms with Crippen molar-refractivity contribution >= 4 is 17.4 Å². The van der Waals surface area contributed by atoms with Crippen molar-refractivity contribution in [2.45, 2.75) is 12.8 Å². The van der Waals surface area contributed by atoms with Crippen molar-refractivity contribution < 1.29 is 0 Å². The van der Waals surface area contributed by atoms with E-state index in [0.29, 0.717) is 16.7 Å². The average Bonchev–Trinajstić information content (AvgIpc) is 2.32. The maximum Gasteiger partial charge on any atom is 0.158 e. The van der Waals surface area contributed by atoms with E-state index in [-0.39, 0.29) is 0 Å². The third-order valence-electron chi connectivity index (χ3n) is 2.09. The van der Waals surface area contributed by atoms with Crippen LogP contribution in [-0.2, 0) is 0 Å². The quantitative estimate of drug-likeness (QED) is 0.698. The molecule has 0 fully saturated rings. The largest absolute Gasteiger partial charge is 0.381 e. The van der Waals surface area contributed by atoms with Crippen LogP contribution in [0.15, 0.2) is 30.0 Å². The molecule has 0 atom stereocenters. The van der Waals surface area contributed by atoms with Crippen LogP contribution in [-0.4, -0.2) is 9.97 Å². The molecule has 2 N–H and O–H groups in total. The summed E-state index contributed by atoms with van der Waals surface area (Å²) in [6, 6.07) is 0. The van der Waals surface area contributed by atoms with Crippen LogP contribution >= 0.6 is 11.6 Å². The Kier molecular flexibility index (Phi) is 3.23. The number of nitrogens with two attached hydrogens (primary N) is 1. The van der Waals surface area contributed by atoms with E-state index >= 15 is 0 Å². The van der Waals surface area contributed by atoms with Gasteiger partial charge >= 0.3 is 0 Å². The van der Waals surface area contributed by atoms with Crippen LogP contribution in [0.4, 0.5) is 5.82 Å². The van der Waals surface area contributed by atoms with Gasteiger partial charge in [0.1, 0.15) is 5.15 Å². The molecule has 0 saturated carbocycles. The minimum atomic E-state index is 0.298. The van der Waals surface area contributed by atoms with Gasteiger partial charge in [-0.1, -0.05) is 35.7 Å². The van der Waals surface area contributed by atoms with E-state index in [4.69, 9.17) is 17.3 Å². The zero-order valence-corrected chi connectivity index (χ0v) is 9.33. The number of rotatable bonds is 0. The number of hydrogen-bond donors (Lipinski definition) is 1. The van der Waals surface area contributed by atoms with Crippen molar-refractivity contribution in [1.82, 2.24) is 9.97 Å². The molecule has 1 aliphatic rings. The molecule has 0 saturated heterocycles. The van der Waals surface area contributed by atoms with E-state index in [1.807, 2.05) is 6.08 Å². The Morgan fingerprint density at radius 3 is 2.94 bits per heavy atom. The third-order valence-corrected chi connectivity index (χ3v) is 2.27. The van der Waals surface area contributed by atoms with Crippen LogP contribution in [0.25, 0.3) is 0 Å². The van der Waals surface area contributed by atoms with E-state index in [9.17, 15) is 0 Å². The summed E-state index contributed by atoms with van der Waals surface area (Å²) < 4.78 is 0. The average molecular weight is 232 g/mol. The predicted molar refractivity (Wildman–Crippen MR) is 64.8 cm³/mol. The molecule has 0 aromatic carbocycles. The molecule has 1 aromatic heterocycles. The number of anilines is 1. The smallest absolute Gasteiger partial charge is 0.158 e. The second-order valence-electron chi connectivity index (χ2n) is 3.32.